The molecule has 1 saturated heterocycles. The van der Waals surface area contributed by atoms with E-state index in [2.05, 4.69) is 50.4 Å². The van der Waals surface area contributed by atoms with E-state index >= 15 is 0 Å². The molecular weight excluding hydrogens is 252 g/mol. The molecule has 0 N–H and O–H groups in total. The van der Waals surface area contributed by atoms with E-state index in [9.17, 15) is 0 Å². The molecule has 0 aromatic heterocycles. The Bertz CT molecular complexity index is 239. The van der Waals surface area contributed by atoms with Gasteiger partial charge in [0.15, 0.2) is 0 Å². The van der Waals surface area contributed by atoms with Gasteiger partial charge in [-0.2, -0.15) is 12.6 Å². The minimum Gasteiger partial charge on any atom is -0.305 e. The molecule has 1 rings (SSSR count). The lowest BCUT2D eigenvalue weighted by Crippen LogP contribution is -2.49. The van der Waals surface area contributed by atoms with Gasteiger partial charge in [-0.25, -0.2) is 0 Å². The van der Waals surface area contributed by atoms with Crippen molar-refractivity contribution in [3.8, 4) is 0 Å². The first-order valence-electron chi connectivity index (χ1n) is 8.06. The van der Waals surface area contributed by atoms with Gasteiger partial charge in [-0.15, -0.1) is 0 Å². The van der Waals surface area contributed by atoms with Gasteiger partial charge >= 0.3 is 0 Å². The zero-order chi connectivity index (χ0) is 14.3. The Kier molecular flexibility index (Phi) is 7.78. The Hall–Kier alpha value is 0.270. The number of piperidine rings is 1. The summed E-state index contributed by atoms with van der Waals surface area (Å²) in [5.74, 6) is 1.03. The number of hydrogen-bond acceptors (Lipinski definition) is 3. The van der Waals surface area contributed by atoms with Crippen molar-refractivity contribution in [3.63, 3.8) is 0 Å². The van der Waals surface area contributed by atoms with Crippen LogP contribution in [0, 0.1) is 5.41 Å². The monoisotopic (exact) mass is 286 g/mol. The topological polar surface area (TPSA) is 6.48 Å². The maximum absolute atomic E-state index is 4.69. The summed E-state index contributed by atoms with van der Waals surface area (Å²) in [7, 11) is 4.58. The molecule has 0 aliphatic carbocycles. The van der Waals surface area contributed by atoms with Crippen LogP contribution in [0.3, 0.4) is 0 Å². The van der Waals surface area contributed by atoms with Gasteiger partial charge in [0.2, 0.25) is 0 Å². The zero-order valence-electron chi connectivity index (χ0n) is 13.5. The van der Waals surface area contributed by atoms with Crippen LogP contribution >= 0.6 is 12.6 Å². The summed E-state index contributed by atoms with van der Waals surface area (Å²) in [4.78, 5) is 5.10. The predicted molar refractivity (Wildman–Crippen MR) is 89.3 cm³/mol. The molecule has 0 aromatic rings. The van der Waals surface area contributed by atoms with Crippen LogP contribution in [-0.4, -0.2) is 55.3 Å². The fourth-order valence-corrected chi connectivity index (χ4v) is 4.13. The van der Waals surface area contributed by atoms with Gasteiger partial charge in [0.25, 0.3) is 0 Å². The molecule has 0 spiro atoms. The molecule has 1 aliphatic heterocycles. The summed E-state index contributed by atoms with van der Waals surface area (Å²) in [6.45, 7) is 8.34. The maximum Gasteiger partial charge on any atom is 0.0220 e. The zero-order valence-corrected chi connectivity index (χ0v) is 14.4. The highest BCUT2D eigenvalue weighted by Gasteiger charge is 2.31. The molecule has 1 unspecified atom stereocenters. The average Bonchev–Trinajstić information content (AvgIpc) is 2.39. The number of rotatable bonds is 8. The van der Waals surface area contributed by atoms with Gasteiger partial charge in [-0.3, -0.25) is 0 Å². The molecule has 0 bridgehead atoms. The molecule has 2 nitrogen and oxygen atoms in total. The van der Waals surface area contributed by atoms with E-state index in [1.807, 2.05) is 0 Å². The molecule has 114 valence electrons. The Morgan fingerprint density at radius 1 is 1.26 bits per heavy atom. The Balaban J connectivity index is 2.60. The summed E-state index contributed by atoms with van der Waals surface area (Å²) in [5.41, 5.74) is 0.428. The quantitative estimate of drug-likeness (QED) is 0.682. The van der Waals surface area contributed by atoms with Crippen LogP contribution < -0.4 is 0 Å². The fraction of sp³-hybridized carbons (Fsp3) is 1.00. The molecule has 1 heterocycles. The molecule has 0 radical (unpaired) electrons. The fourth-order valence-electron chi connectivity index (χ4n) is 3.71. The third-order valence-electron chi connectivity index (χ3n) is 4.70. The number of nitrogens with zero attached hydrogens (tertiary/aromatic N) is 2. The Labute approximate surface area is 126 Å². The van der Waals surface area contributed by atoms with E-state index in [0.717, 1.165) is 11.8 Å². The highest BCUT2D eigenvalue weighted by molar-refractivity contribution is 7.80. The van der Waals surface area contributed by atoms with Crippen molar-refractivity contribution in [2.45, 2.75) is 58.4 Å². The second kappa shape index (κ2) is 8.53. The predicted octanol–water partition coefficient (Wildman–Crippen LogP) is 3.53. The summed E-state index contributed by atoms with van der Waals surface area (Å²) >= 11 is 4.69. The van der Waals surface area contributed by atoms with Gasteiger partial charge in [0.05, 0.1) is 0 Å². The van der Waals surface area contributed by atoms with Crippen LogP contribution in [-0.2, 0) is 0 Å². The summed E-state index contributed by atoms with van der Waals surface area (Å²) in [6, 6.07) is 0.742. The minimum atomic E-state index is 0.428. The van der Waals surface area contributed by atoms with Crippen molar-refractivity contribution in [1.82, 2.24) is 9.80 Å². The van der Waals surface area contributed by atoms with Gasteiger partial charge in [0, 0.05) is 19.1 Å². The van der Waals surface area contributed by atoms with Gasteiger partial charge in [-0.1, -0.05) is 26.7 Å². The van der Waals surface area contributed by atoms with Crippen molar-refractivity contribution in [1.29, 1.82) is 0 Å². The van der Waals surface area contributed by atoms with E-state index in [1.54, 1.807) is 0 Å². The molecule has 1 aliphatic rings. The molecule has 1 atom stereocenters. The van der Waals surface area contributed by atoms with Crippen LogP contribution in [0.2, 0.25) is 0 Å². The smallest absolute Gasteiger partial charge is 0.0220 e. The number of likely N-dealkylation sites (N-methyl/N-ethyl adjacent to an activating group) is 2. The SMILES string of the molecule is CCCC(CS)(CCC)CN(C)C1CCCN(C)C1. The first-order chi connectivity index (χ1) is 9.06. The van der Waals surface area contributed by atoms with E-state index in [-0.39, 0.29) is 0 Å². The molecule has 0 amide bonds. The first-order valence-corrected chi connectivity index (χ1v) is 8.69. The van der Waals surface area contributed by atoms with Crippen LogP contribution in [0.15, 0.2) is 0 Å². The van der Waals surface area contributed by atoms with E-state index in [1.165, 1.54) is 58.2 Å². The maximum atomic E-state index is 4.69. The molecule has 0 saturated carbocycles. The van der Waals surface area contributed by atoms with Gasteiger partial charge < -0.3 is 9.80 Å². The van der Waals surface area contributed by atoms with Crippen LogP contribution in [0.5, 0.6) is 0 Å². The second-order valence-corrected chi connectivity index (χ2v) is 6.95. The van der Waals surface area contributed by atoms with Crippen molar-refractivity contribution in [2.75, 3.05) is 39.5 Å². The highest BCUT2D eigenvalue weighted by atomic mass is 32.1. The Morgan fingerprint density at radius 2 is 1.89 bits per heavy atom. The second-order valence-electron chi connectivity index (χ2n) is 6.63. The lowest BCUT2D eigenvalue weighted by molar-refractivity contribution is 0.0862. The number of likely N-dealkylation sites (tertiary alicyclic amines) is 1. The number of thiol groups is 1. The van der Waals surface area contributed by atoms with E-state index < -0.39 is 0 Å². The van der Waals surface area contributed by atoms with Crippen LogP contribution in [0.25, 0.3) is 0 Å². The highest BCUT2D eigenvalue weighted by Crippen LogP contribution is 2.33. The van der Waals surface area contributed by atoms with Crippen molar-refractivity contribution >= 4 is 12.6 Å². The van der Waals surface area contributed by atoms with Crippen molar-refractivity contribution in [2.24, 2.45) is 5.41 Å². The van der Waals surface area contributed by atoms with Crippen molar-refractivity contribution < 1.29 is 0 Å². The van der Waals surface area contributed by atoms with Crippen LogP contribution in [0.4, 0.5) is 0 Å². The average molecular weight is 287 g/mol. The third-order valence-corrected chi connectivity index (χ3v) is 5.37. The standard InChI is InChI=1S/C16H34N2S/c1-5-9-16(14-19,10-6-2)13-18(4)15-8-7-11-17(3)12-15/h15,19H,5-14H2,1-4H3. The molecule has 3 heteroatoms. The number of hydrogen-bond donors (Lipinski definition) is 1. The van der Waals surface area contributed by atoms with Gasteiger partial charge in [0.1, 0.15) is 0 Å². The normalized spacial score (nSPS) is 22.1. The summed E-state index contributed by atoms with van der Waals surface area (Å²) in [6.07, 6.45) is 7.90. The van der Waals surface area contributed by atoms with E-state index in [0.29, 0.717) is 5.41 Å². The van der Waals surface area contributed by atoms with Crippen LogP contribution in [0.1, 0.15) is 52.4 Å². The van der Waals surface area contributed by atoms with Crippen molar-refractivity contribution in [3.05, 3.63) is 0 Å². The lowest BCUT2D eigenvalue weighted by atomic mass is 9.80. The molecule has 1 fully saturated rings. The third kappa shape index (κ3) is 5.28. The minimum absolute atomic E-state index is 0.428. The molecular formula is C16H34N2S. The first kappa shape index (κ1) is 17.3. The largest absolute Gasteiger partial charge is 0.305 e. The summed E-state index contributed by atoms with van der Waals surface area (Å²) in [5, 5.41) is 0. The molecule has 0 aromatic carbocycles. The summed E-state index contributed by atoms with van der Waals surface area (Å²) < 4.78 is 0. The lowest BCUT2D eigenvalue weighted by Gasteiger charge is -2.42. The van der Waals surface area contributed by atoms with Gasteiger partial charge in [-0.05, 0) is 57.5 Å². The Morgan fingerprint density at radius 3 is 2.37 bits per heavy atom. The molecule has 19 heavy (non-hydrogen) atoms. The van der Waals surface area contributed by atoms with E-state index in [4.69, 9.17) is 0 Å².